The maximum Gasteiger partial charge on any atom is 0.226 e. The van der Waals surface area contributed by atoms with E-state index in [1.807, 2.05) is 6.20 Å². The largest absolute Gasteiger partial charge is 0.378 e. The van der Waals surface area contributed by atoms with Crippen molar-refractivity contribution in [3.05, 3.63) is 12.3 Å². The molecule has 2 saturated heterocycles. The van der Waals surface area contributed by atoms with Crippen LogP contribution in [0.15, 0.2) is 12.3 Å². The molecule has 1 amide bonds. The lowest BCUT2D eigenvalue weighted by Crippen LogP contribution is -2.46. The van der Waals surface area contributed by atoms with Gasteiger partial charge in [0.05, 0.1) is 25.1 Å². The zero-order chi connectivity index (χ0) is 18.7. The molecule has 0 bridgehead atoms. The van der Waals surface area contributed by atoms with Gasteiger partial charge in [-0.25, -0.2) is 0 Å². The van der Waals surface area contributed by atoms with Crippen LogP contribution in [0.4, 0.5) is 11.5 Å². The van der Waals surface area contributed by atoms with E-state index >= 15 is 0 Å². The van der Waals surface area contributed by atoms with Gasteiger partial charge in [0.25, 0.3) is 0 Å². The Morgan fingerprint density at radius 1 is 1.19 bits per heavy atom. The smallest absolute Gasteiger partial charge is 0.226 e. The molecular weight excluding hydrogens is 342 g/mol. The fraction of sp³-hybridized carbons (Fsp3) is 0.750. The van der Waals surface area contributed by atoms with E-state index < -0.39 is 0 Å². The minimum atomic E-state index is -0.179. The van der Waals surface area contributed by atoms with Gasteiger partial charge in [-0.15, -0.1) is 5.10 Å². The number of carbonyl (C=O) groups excluding carboxylic acids is 1. The van der Waals surface area contributed by atoms with Crippen LogP contribution in [0.3, 0.4) is 0 Å². The van der Waals surface area contributed by atoms with Crippen LogP contribution >= 0.6 is 0 Å². The number of amides is 1. The molecule has 0 aromatic carbocycles. The number of hydrogen-bond donors (Lipinski definition) is 1. The van der Waals surface area contributed by atoms with E-state index in [2.05, 4.69) is 38.3 Å². The van der Waals surface area contributed by atoms with Crippen LogP contribution in [0.1, 0.15) is 45.4 Å². The second-order valence-corrected chi connectivity index (χ2v) is 8.40. The van der Waals surface area contributed by atoms with Gasteiger partial charge in [-0.2, -0.15) is 5.10 Å². The summed E-state index contributed by atoms with van der Waals surface area (Å²) in [5, 5.41) is 11.9. The van der Waals surface area contributed by atoms with Crippen LogP contribution in [0, 0.1) is 5.41 Å². The average molecular weight is 374 g/mol. The first-order chi connectivity index (χ1) is 13.1. The van der Waals surface area contributed by atoms with E-state index in [1.165, 1.54) is 19.3 Å². The van der Waals surface area contributed by atoms with Crippen molar-refractivity contribution in [3.63, 3.8) is 0 Å². The maximum absolute atomic E-state index is 12.8. The molecule has 0 radical (unpaired) electrons. The Balaban J connectivity index is 1.36. The second-order valence-electron chi connectivity index (χ2n) is 8.40. The van der Waals surface area contributed by atoms with Crippen LogP contribution in [0.25, 0.3) is 0 Å². The number of rotatable bonds is 4. The van der Waals surface area contributed by atoms with Gasteiger partial charge in [-0.3, -0.25) is 4.79 Å². The Kier molecular flexibility index (Phi) is 5.48. The third-order valence-corrected chi connectivity index (χ3v) is 6.36. The van der Waals surface area contributed by atoms with Crippen LogP contribution in [-0.4, -0.2) is 61.5 Å². The van der Waals surface area contributed by atoms with E-state index in [0.717, 1.165) is 70.2 Å². The summed E-state index contributed by atoms with van der Waals surface area (Å²) in [7, 11) is 0. The summed E-state index contributed by atoms with van der Waals surface area (Å²) in [4.78, 5) is 17.3. The molecule has 7 nitrogen and oxygen atoms in total. The van der Waals surface area contributed by atoms with Crippen molar-refractivity contribution in [3.8, 4) is 0 Å². The normalized spacial score (nSPS) is 25.4. The van der Waals surface area contributed by atoms with Crippen LogP contribution in [-0.2, 0) is 9.53 Å². The summed E-state index contributed by atoms with van der Waals surface area (Å²) >= 11 is 0. The Bertz CT molecular complexity index is 656. The minimum absolute atomic E-state index is 0.179. The van der Waals surface area contributed by atoms with Crippen molar-refractivity contribution in [2.24, 2.45) is 5.41 Å². The molecule has 4 rings (SSSR count). The minimum Gasteiger partial charge on any atom is -0.378 e. The van der Waals surface area contributed by atoms with E-state index in [1.54, 1.807) is 0 Å². The van der Waals surface area contributed by atoms with Gasteiger partial charge in [0.2, 0.25) is 5.91 Å². The maximum atomic E-state index is 12.8. The van der Waals surface area contributed by atoms with Gasteiger partial charge in [0, 0.05) is 43.7 Å². The molecule has 3 aliphatic rings. The predicted molar refractivity (Wildman–Crippen MR) is 105 cm³/mol. The lowest BCUT2D eigenvalue weighted by Gasteiger charge is -2.33. The summed E-state index contributed by atoms with van der Waals surface area (Å²) in [6.07, 6.45) is 8.43. The molecule has 1 N–H and O–H groups in total. The molecule has 7 heteroatoms. The Morgan fingerprint density at radius 2 is 1.96 bits per heavy atom. The van der Waals surface area contributed by atoms with E-state index in [4.69, 9.17) is 4.74 Å². The van der Waals surface area contributed by atoms with E-state index in [-0.39, 0.29) is 17.4 Å². The summed E-state index contributed by atoms with van der Waals surface area (Å²) in [5.74, 6) is 1.14. The van der Waals surface area contributed by atoms with Crippen molar-refractivity contribution >= 4 is 17.4 Å². The number of nitrogens with zero attached hydrogens (tertiary/aromatic N) is 4. The molecule has 1 atom stereocenters. The van der Waals surface area contributed by atoms with Crippen molar-refractivity contribution in [2.45, 2.75) is 51.5 Å². The number of anilines is 2. The standard InChI is InChI=1S/C20H31N5O2/c1-20(6-3-2-4-7-20)19(26)22-16-5-8-25(15-16)18-13-17(14-21-23-18)24-9-11-27-12-10-24/h13-14,16H,2-12,15H2,1H3,(H,22,26). The van der Waals surface area contributed by atoms with Crippen LogP contribution < -0.4 is 15.1 Å². The second kappa shape index (κ2) is 8.00. The predicted octanol–water partition coefficient (Wildman–Crippen LogP) is 1.98. The van der Waals surface area contributed by atoms with Crippen molar-refractivity contribution in [1.82, 2.24) is 15.5 Å². The summed E-state index contributed by atoms with van der Waals surface area (Å²) in [5.41, 5.74) is 0.923. The molecule has 3 heterocycles. The molecule has 1 saturated carbocycles. The number of hydrogen-bond acceptors (Lipinski definition) is 6. The van der Waals surface area contributed by atoms with Crippen molar-refractivity contribution in [1.29, 1.82) is 0 Å². The van der Waals surface area contributed by atoms with E-state index in [9.17, 15) is 4.79 Å². The fourth-order valence-corrected chi connectivity index (χ4v) is 4.50. The molecule has 1 aliphatic carbocycles. The Morgan fingerprint density at radius 3 is 2.74 bits per heavy atom. The molecule has 1 aromatic rings. The monoisotopic (exact) mass is 373 g/mol. The first-order valence-electron chi connectivity index (χ1n) is 10.4. The first kappa shape index (κ1) is 18.5. The zero-order valence-corrected chi connectivity index (χ0v) is 16.3. The third kappa shape index (κ3) is 4.18. The number of ether oxygens (including phenoxy) is 1. The molecule has 0 spiro atoms. The highest BCUT2D eigenvalue weighted by atomic mass is 16.5. The summed E-state index contributed by atoms with van der Waals surface area (Å²) < 4.78 is 5.43. The van der Waals surface area contributed by atoms with Crippen LogP contribution in [0.2, 0.25) is 0 Å². The first-order valence-corrected chi connectivity index (χ1v) is 10.4. The van der Waals surface area contributed by atoms with Crippen molar-refractivity contribution in [2.75, 3.05) is 49.2 Å². The SMILES string of the molecule is CC1(C(=O)NC2CCN(c3cc(N4CCOCC4)cnn3)C2)CCCCC1. The fourth-order valence-electron chi connectivity index (χ4n) is 4.50. The van der Waals surface area contributed by atoms with Gasteiger partial charge in [-0.1, -0.05) is 26.2 Å². The van der Waals surface area contributed by atoms with Gasteiger partial charge >= 0.3 is 0 Å². The molecule has 27 heavy (non-hydrogen) atoms. The number of aromatic nitrogens is 2. The molecule has 1 unspecified atom stereocenters. The third-order valence-electron chi connectivity index (χ3n) is 6.36. The molecule has 3 fully saturated rings. The topological polar surface area (TPSA) is 70.6 Å². The Labute approximate surface area is 161 Å². The molecular formula is C20H31N5O2. The quantitative estimate of drug-likeness (QED) is 0.870. The average Bonchev–Trinajstić information content (AvgIpc) is 3.18. The number of nitrogens with one attached hydrogen (secondary N) is 1. The van der Waals surface area contributed by atoms with Gasteiger partial charge in [0.15, 0.2) is 5.82 Å². The molecule has 2 aliphatic heterocycles. The van der Waals surface area contributed by atoms with Gasteiger partial charge in [0.1, 0.15) is 0 Å². The number of morpholine rings is 1. The molecule has 1 aromatic heterocycles. The zero-order valence-electron chi connectivity index (χ0n) is 16.3. The summed E-state index contributed by atoms with van der Waals surface area (Å²) in [6.45, 7) is 7.14. The van der Waals surface area contributed by atoms with E-state index in [0.29, 0.717) is 0 Å². The highest BCUT2D eigenvalue weighted by molar-refractivity contribution is 5.82. The Hall–Kier alpha value is -1.89. The van der Waals surface area contributed by atoms with Gasteiger partial charge < -0.3 is 19.9 Å². The summed E-state index contributed by atoms with van der Waals surface area (Å²) in [6, 6.07) is 2.32. The van der Waals surface area contributed by atoms with Crippen molar-refractivity contribution < 1.29 is 9.53 Å². The van der Waals surface area contributed by atoms with Gasteiger partial charge in [-0.05, 0) is 19.3 Å². The lowest BCUT2D eigenvalue weighted by atomic mass is 9.75. The highest BCUT2D eigenvalue weighted by Crippen LogP contribution is 2.36. The molecule has 148 valence electrons. The number of carbonyl (C=O) groups is 1. The van der Waals surface area contributed by atoms with Crippen LogP contribution in [0.5, 0.6) is 0 Å². The lowest BCUT2D eigenvalue weighted by molar-refractivity contribution is -0.132. The highest BCUT2D eigenvalue weighted by Gasteiger charge is 2.36.